The molecule has 1 aromatic heterocycles. The van der Waals surface area contributed by atoms with Gasteiger partial charge in [0.25, 0.3) is 5.91 Å². The van der Waals surface area contributed by atoms with Gasteiger partial charge in [-0.2, -0.15) is 0 Å². The fourth-order valence-electron chi connectivity index (χ4n) is 5.79. The number of carbonyl (C=O) groups excluding carboxylic acids is 4. The van der Waals surface area contributed by atoms with Crippen molar-refractivity contribution in [3.63, 3.8) is 0 Å². The first kappa shape index (κ1) is 29.2. The summed E-state index contributed by atoms with van der Waals surface area (Å²) in [7, 11) is 1.30. The maximum Gasteiger partial charge on any atom is 0.522 e. The number of likely N-dealkylation sites (tertiary alicyclic amines) is 1. The number of carbonyl (C=O) groups is 4. The zero-order valence-electron chi connectivity index (χ0n) is 21.1. The molecule has 1 aromatic rings. The first-order valence-corrected chi connectivity index (χ1v) is 13.0. The number of fused-ring (bicyclic) bond motifs is 1. The van der Waals surface area contributed by atoms with Gasteiger partial charge in [0.15, 0.2) is 11.9 Å². The SMILES string of the molecule is COC(C(=O)N1CC2CCCC2[C@H]1C(=O)NC(CC1CCNC1=O)C(=O)COC(F)(F)F)c1cncc(Cl)n1. The molecule has 15 heteroatoms. The van der Waals surface area contributed by atoms with Crippen molar-refractivity contribution in [2.45, 2.75) is 56.7 Å². The normalized spacial score (nSPS) is 26.2. The largest absolute Gasteiger partial charge is 0.522 e. The lowest BCUT2D eigenvalue weighted by atomic mass is 9.92. The van der Waals surface area contributed by atoms with Gasteiger partial charge in [0.2, 0.25) is 11.8 Å². The molecule has 39 heavy (non-hydrogen) atoms. The summed E-state index contributed by atoms with van der Waals surface area (Å²) in [6.45, 7) is -0.700. The van der Waals surface area contributed by atoms with E-state index in [1.54, 1.807) is 0 Å². The Hall–Kier alpha value is -2.84. The van der Waals surface area contributed by atoms with Crippen molar-refractivity contribution in [2.24, 2.45) is 17.8 Å². The van der Waals surface area contributed by atoms with Gasteiger partial charge in [-0.05, 0) is 37.5 Å². The number of amides is 3. The van der Waals surface area contributed by atoms with Crippen LogP contribution in [-0.4, -0.2) is 83.6 Å². The Morgan fingerprint density at radius 1 is 1.26 bits per heavy atom. The molecule has 0 spiro atoms. The molecular formula is C24H29ClF3N5O6. The highest BCUT2D eigenvalue weighted by atomic mass is 35.5. The number of halogens is 4. The maximum atomic E-state index is 13.7. The van der Waals surface area contributed by atoms with Crippen molar-refractivity contribution in [3.8, 4) is 0 Å². The van der Waals surface area contributed by atoms with Crippen molar-refractivity contribution < 1.29 is 41.8 Å². The topological polar surface area (TPSA) is 140 Å². The zero-order valence-corrected chi connectivity index (χ0v) is 21.8. The molecule has 0 aromatic carbocycles. The van der Waals surface area contributed by atoms with Crippen LogP contribution in [-0.2, 0) is 28.7 Å². The van der Waals surface area contributed by atoms with Crippen LogP contribution in [0.1, 0.15) is 43.9 Å². The van der Waals surface area contributed by atoms with Gasteiger partial charge in [0.1, 0.15) is 17.8 Å². The van der Waals surface area contributed by atoms with E-state index < -0.39 is 54.7 Å². The maximum absolute atomic E-state index is 13.7. The molecule has 0 radical (unpaired) electrons. The summed E-state index contributed by atoms with van der Waals surface area (Å²) in [5.74, 6) is -3.47. The van der Waals surface area contributed by atoms with Gasteiger partial charge in [0, 0.05) is 26.1 Å². The summed E-state index contributed by atoms with van der Waals surface area (Å²) in [5, 5.41) is 5.20. The van der Waals surface area contributed by atoms with Crippen LogP contribution in [0.2, 0.25) is 5.15 Å². The fourth-order valence-corrected chi connectivity index (χ4v) is 5.94. The third-order valence-electron chi connectivity index (χ3n) is 7.56. The molecule has 2 N–H and O–H groups in total. The van der Waals surface area contributed by atoms with Crippen LogP contribution in [0, 0.1) is 17.8 Å². The first-order valence-electron chi connectivity index (χ1n) is 12.6. The summed E-state index contributed by atoms with van der Waals surface area (Å²) >= 11 is 5.93. The van der Waals surface area contributed by atoms with E-state index in [0.29, 0.717) is 19.4 Å². The minimum atomic E-state index is -5.04. The number of aromatic nitrogens is 2. The minimum absolute atomic E-state index is 0.0241. The van der Waals surface area contributed by atoms with Crippen LogP contribution in [0.15, 0.2) is 12.4 Å². The van der Waals surface area contributed by atoms with E-state index >= 15 is 0 Å². The quantitative estimate of drug-likeness (QED) is 0.428. The Morgan fingerprint density at radius 2 is 2.03 bits per heavy atom. The summed E-state index contributed by atoms with van der Waals surface area (Å²) in [4.78, 5) is 61.6. The standard InChI is InChI=1S/C24H29ClF3N5O6/c1-38-20(16-8-29-9-18(25)31-16)23(37)33-10-13-3-2-4-14(13)19(33)22(36)32-15(7-12-5-6-30-21(12)35)17(34)11-39-24(26,27)28/h8-9,12-15,19-20H,2-7,10-11H2,1H3,(H,30,35)(H,32,36)/t12?,13?,14?,15?,19-,20?/m0/s1. The zero-order chi connectivity index (χ0) is 28.3. The number of alkyl halides is 3. The molecule has 4 rings (SSSR count). The number of rotatable bonds is 10. The molecule has 2 aliphatic heterocycles. The molecule has 2 saturated heterocycles. The number of methoxy groups -OCH3 is 1. The Labute approximate surface area is 227 Å². The van der Waals surface area contributed by atoms with Crippen LogP contribution < -0.4 is 10.6 Å². The van der Waals surface area contributed by atoms with Gasteiger partial charge in [-0.15, -0.1) is 13.2 Å². The fraction of sp³-hybridized carbons (Fsp3) is 0.667. The average molecular weight is 576 g/mol. The third-order valence-corrected chi connectivity index (χ3v) is 7.74. The summed E-state index contributed by atoms with van der Waals surface area (Å²) < 4.78 is 46.9. The van der Waals surface area contributed by atoms with Gasteiger partial charge in [-0.25, -0.2) is 4.98 Å². The van der Waals surface area contributed by atoms with E-state index in [1.165, 1.54) is 24.4 Å². The number of ether oxygens (including phenoxy) is 2. The van der Waals surface area contributed by atoms with Crippen LogP contribution in [0.5, 0.6) is 0 Å². The molecule has 3 fully saturated rings. The molecule has 5 unspecified atom stereocenters. The molecule has 1 saturated carbocycles. The number of Topliss-reactive ketones (excluding diaryl/α,β-unsaturated/α-hetero) is 1. The number of nitrogens with zero attached hydrogens (tertiary/aromatic N) is 3. The number of ketones is 1. The third kappa shape index (κ3) is 6.84. The van der Waals surface area contributed by atoms with Crippen LogP contribution >= 0.6 is 11.6 Å². The number of nitrogens with one attached hydrogen (secondary N) is 2. The summed E-state index contributed by atoms with van der Waals surface area (Å²) in [5.41, 5.74) is 0.149. The van der Waals surface area contributed by atoms with E-state index in [0.717, 1.165) is 12.8 Å². The van der Waals surface area contributed by atoms with Crippen molar-refractivity contribution in [2.75, 3.05) is 26.8 Å². The molecule has 3 amide bonds. The van der Waals surface area contributed by atoms with Crippen LogP contribution in [0.3, 0.4) is 0 Å². The van der Waals surface area contributed by atoms with Crippen molar-refractivity contribution in [1.29, 1.82) is 0 Å². The molecule has 6 atom stereocenters. The predicted octanol–water partition coefficient (Wildman–Crippen LogP) is 1.56. The van der Waals surface area contributed by atoms with Crippen molar-refractivity contribution >= 4 is 35.1 Å². The highest BCUT2D eigenvalue weighted by Crippen LogP contribution is 2.43. The molecular weight excluding hydrogens is 547 g/mol. The van der Waals surface area contributed by atoms with E-state index in [9.17, 15) is 32.3 Å². The van der Waals surface area contributed by atoms with Gasteiger partial charge >= 0.3 is 6.36 Å². The van der Waals surface area contributed by atoms with E-state index in [2.05, 4.69) is 25.3 Å². The lowest BCUT2D eigenvalue weighted by Crippen LogP contribution is -2.54. The Kier molecular flexibility index (Phi) is 9.07. The van der Waals surface area contributed by atoms with Gasteiger partial charge in [0.05, 0.1) is 24.1 Å². The van der Waals surface area contributed by atoms with Crippen LogP contribution in [0.25, 0.3) is 0 Å². The van der Waals surface area contributed by atoms with E-state index in [1.807, 2.05) is 0 Å². The Balaban J connectivity index is 1.56. The molecule has 214 valence electrons. The van der Waals surface area contributed by atoms with Gasteiger partial charge in [-0.3, -0.25) is 28.9 Å². The highest BCUT2D eigenvalue weighted by Gasteiger charge is 2.51. The molecule has 3 heterocycles. The summed E-state index contributed by atoms with van der Waals surface area (Å²) in [6, 6.07) is -2.41. The number of hydrogen-bond acceptors (Lipinski definition) is 8. The monoisotopic (exact) mass is 575 g/mol. The smallest absolute Gasteiger partial charge is 0.365 e. The molecule has 1 aliphatic carbocycles. The van der Waals surface area contributed by atoms with Crippen molar-refractivity contribution in [3.05, 3.63) is 23.2 Å². The van der Waals surface area contributed by atoms with E-state index in [4.69, 9.17) is 16.3 Å². The van der Waals surface area contributed by atoms with Gasteiger partial charge < -0.3 is 20.3 Å². The minimum Gasteiger partial charge on any atom is -0.365 e. The van der Waals surface area contributed by atoms with E-state index in [-0.39, 0.29) is 41.6 Å². The lowest BCUT2D eigenvalue weighted by Gasteiger charge is -2.31. The Bertz CT molecular complexity index is 1110. The summed E-state index contributed by atoms with van der Waals surface area (Å²) in [6.07, 6.45) is -1.16. The Morgan fingerprint density at radius 3 is 2.67 bits per heavy atom. The second-order valence-corrected chi connectivity index (χ2v) is 10.3. The molecule has 11 nitrogen and oxygen atoms in total. The lowest BCUT2D eigenvalue weighted by molar-refractivity contribution is -0.321. The molecule has 3 aliphatic rings. The van der Waals surface area contributed by atoms with Gasteiger partial charge in [-0.1, -0.05) is 18.0 Å². The van der Waals surface area contributed by atoms with Crippen molar-refractivity contribution in [1.82, 2.24) is 25.5 Å². The second kappa shape index (κ2) is 12.1. The molecule has 0 bridgehead atoms. The number of hydrogen-bond donors (Lipinski definition) is 2. The van der Waals surface area contributed by atoms with Crippen LogP contribution in [0.4, 0.5) is 13.2 Å². The highest BCUT2D eigenvalue weighted by molar-refractivity contribution is 6.29. The average Bonchev–Trinajstić information content (AvgIpc) is 3.58. The second-order valence-electron chi connectivity index (χ2n) is 9.95. The predicted molar refractivity (Wildman–Crippen MR) is 128 cm³/mol. The first-order chi connectivity index (χ1) is 18.5.